The number of hydrogen-bond acceptors (Lipinski definition) is 5. The van der Waals surface area contributed by atoms with E-state index in [4.69, 9.17) is 16.0 Å². The van der Waals surface area contributed by atoms with Crippen molar-refractivity contribution < 1.29 is 4.52 Å². The van der Waals surface area contributed by atoms with Crippen LogP contribution in [0.15, 0.2) is 4.52 Å². The fraction of sp³-hybridized carbons (Fsp3) is 0.800. The Morgan fingerprint density at radius 3 is 2.67 bits per heavy atom. The maximum Gasteiger partial charge on any atom is 0.260 e. The maximum absolute atomic E-state index is 5.56. The van der Waals surface area contributed by atoms with Crippen molar-refractivity contribution in [2.75, 3.05) is 12.3 Å². The number of aryl methyl sites for hydroxylation is 1. The van der Waals surface area contributed by atoms with Crippen molar-refractivity contribution in [3.8, 4) is 0 Å². The molecule has 1 heterocycles. The van der Waals surface area contributed by atoms with Gasteiger partial charge in [0.05, 0.1) is 0 Å². The molecule has 0 aliphatic rings. The fourth-order valence-corrected chi connectivity index (χ4v) is 1.77. The van der Waals surface area contributed by atoms with E-state index < -0.39 is 0 Å². The minimum Gasteiger partial charge on any atom is -0.365 e. The number of nitrogens with two attached hydrogens (primary N) is 2. The second-order valence-electron chi connectivity index (χ2n) is 3.82. The monoisotopic (exact) mass is 212 g/mol. The highest BCUT2D eigenvalue weighted by molar-refractivity contribution is 5.10. The normalized spacial score (nSPS) is 12.9. The van der Waals surface area contributed by atoms with Crippen LogP contribution < -0.4 is 11.5 Å². The molecular formula is C10H20N4O. The third-order valence-corrected chi connectivity index (χ3v) is 2.52. The molecule has 1 atom stereocenters. The maximum atomic E-state index is 5.56. The first kappa shape index (κ1) is 12.0. The average Bonchev–Trinajstić information content (AvgIpc) is 2.61. The summed E-state index contributed by atoms with van der Waals surface area (Å²) in [6.07, 6.45) is 5.32. The smallest absolute Gasteiger partial charge is 0.260 e. The summed E-state index contributed by atoms with van der Waals surface area (Å²) >= 11 is 0. The molecule has 1 rings (SSSR count). The standard InChI is InChI=1S/C10H20N4O/c1-2-3-8(6-7-11)4-5-9-13-10(12)14-15-9/h8H,2-7,11H2,1H3,(H2,12,14). The fourth-order valence-electron chi connectivity index (χ4n) is 1.77. The summed E-state index contributed by atoms with van der Waals surface area (Å²) in [6.45, 7) is 2.94. The second kappa shape index (κ2) is 6.40. The van der Waals surface area contributed by atoms with Crippen LogP contribution in [0.1, 0.15) is 38.5 Å². The van der Waals surface area contributed by atoms with Crippen molar-refractivity contribution in [1.29, 1.82) is 0 Å². The molecule has 0 amide bonds. The van der Waals surface area contributed by atoms with Gasteiger partial charge in [-0.1, -0.05) is 19.8 Å². The molecule has 0 spiro atoms. The summed E-state index contributed by atoms with van der Waals surface area (Å²) in [7, 11) is 0. The molecule has 1 unspecified atom stereocenters. The van der Waals surface area contributed by atoms with Gasteiger partial charge in [0.2, 0.25) is 5.89 Å². The molecule has 15 heavy (non-hydrogen) atoms. The van der Waals surface area contributed by atoms with E-state index in [1.165, 1.54) is 12.8 Å². The molecule has 0 aromatic carbocycles. The zero-order valence-corrected chi connectivity index (χ0v) is 9.28. The Balaban J connectivity index is 2.32. The first-order valence-electron chi connectivity index (χ1n) is 5.54. The molecule has 0 saturated heterocycles. The van der Waals surface area contributed by atoms with Crippen LogP contribution in [0.2, 0.25) is 0 Å². The van der Waals surface area contributed by atoms with E-state index in [2.05, 4.69) is 17.1 Å². The van der Waals surface area contributed by atoms with E-state index in [1.54, 1.807) is 0 Å². The van der Waals surface area contributed by atoms with E-state index in [0.29, 0.717) is 11.8 Å². The van der Waals surface area contributed by atoms with Gasteiger partial charge in [-0.15, -0.1) is 0 Å². The number of aromatic nitrogens is 2. The Morgan fingerprint density at radius 2 is 2.13 bits per heavy atom. The largest absolute Gasteiger partial charge is 0.365 e. The number of hydrogen-bond donors (Lipinski definition) is 2. The Morgan fingerprint density at radius 1 is 1.33 bits per heavy atom. The van der Waals surface area contributed by atoms with Crippen molar-refractivity contribution >= 4 is 5.95 Å². The van der Waals surface area contributed by atoms with Crippen LogP contribution >= 0.6 is 0 Å². The van der Waals surface area contributed by atoms with Crippen LogP contribution in [0.3, 0.4) is 0 Å². The number of nitrogens with zero attached hydrogens (tertiary/aromatic N) is 2. The molecule has 0 bridgehead atoms. The Labute approximate surface area is 90.2 Å². The quantitative estimate of drug-likeness (QED) is 0.711. The van der Waals surface area contributed by atoms with E-state index in [0.717, 1.165) is 25.8 Å². The average molecular weight is 212 g/mol. The Kier molecular flexibility index (Phi) is 5.10. The summed E-state index contributed by atoms with van der Waals surface area (Å²) in [4.78, 5) is 3.97. The van der Waals surface area contributed by atoms with Gasteiger partial charge in [-0.25, -0.2) is 0 Å². The van der Waals surface area contributed by atoms with Gasteiger partial charge in [0, 0.05) is 6.42 Å². The topological polar surface area (TPSA) is 91.0 Å². The highest BCUT2D eigenvalue weighted by atomic mass is 16.5. The Hall–Kier alpha value is -1.10. The minimum atomic E-state index is 0.218. The zero-order valence-electron chi connectivity index (χ0n) is 9.28. The van der Waals surface area contributed by atoms with Gasteiger partial charge in [-0.3, -0.25) is 0 Å². The van der Waals surface area contributed by atoms with Crippen molar-refractivity contribution in [1.82, 2.24) is 10.1 Å². The number of anilines is 1. The lowest BCUT2D eigenvalue weighted by molar-refractivity contribution is 0.350. The molecule has 0 fully saturated rings. The highest BCUT2D eigenvalue weighted by Crippen LogP contribution is 2.17. The molecular weight excluding hydrogens is 192 g/mol. The van der Waals surface area contributed by atoms with Crippen LogP contribution in [0.5, 0.6) is 0 Å². The predicted octanol–water partition coefficient (Wildman–Crippen LogP) is 1.35. The summed E-state index contributed by atoms with van der Waals surface area (Å²) in [5.41, 5.74) is 10.9. The van der Waals surface area contributed by atoms with E-state index >= 15 is 0 Å². The lowest BCUT2D eigenvalue weighted by Crippen LogP contribution is -2.09. The summed E-state index contributed by atoms with van der Waals surface area (Å²) in [5, 5.41) is 3.55. The van der Waals surface area contributed by atoms with Gasteiger partial charge in [0.1, 0.15) is 0 Å². The summed E-state index contributed by atoms with van der Waals surface area (Å²) < 4.78 is 4.95. The molecule has 86 valence electrons. The molecule has 1 aromatic rings. The van der Waals surface area contributed by atoms with Crippen LogP contribution in [0.4, 0.5) is 5.95 Å². The third kappa shape index (κ3) is 4.29. The second-order valence-corrected chi connectivity index (χ2v) is 3.82. The van der Waals surface area contributed by atoms with E-state index in [9.17, 15) is 0 Å². The zero-order chi connectivity index (χ0) is 11.1. The molecule has 0 radical (unpaired) electrons. The lowest BCUT2D eigenvalue weighted by atomic mass is 9.94. The van der Waals surface area contributed by atoms with Crippen molar-refractivity contribution in [3.63, 3.8) is 0 Å². The molecule has 4 N–H and O–H groups in total. The van der Waals surface area contributed by atoms with Crippen molar-refractivity contribution in [2.24, 2.45) is 11.7 Å². The van der Waals surface area contributed by atoms with Crippen LogP contribution in [0.25, 0.3) is 0 Å². The van der Waals surface area contributed by atoms with Gasteiger partial charge >= 0.3 is 0 Å². The summed E-state index contributed by atoms with van der Waals surface area (Å²) in [5.74, 6) is 1.51. The van der Waals surface area contributed by atoms with Gasteiger partial charge in [0.15, 0.2) is 0 Å². The predicted molar refractivity (Wildman–Crippen MR) is 59.1 cm³/mol. The van der Waals surface area contributed by atoms with Gasteiger partial charge < -0.3 is 16.0 Å². The molecule has 0 aliphatic carbocycles. The lowest BCUT2D eigenvalue weighted by Gasteiger charge is -2.13. The first-order valence-corrected chi connectivity index (χ1v) is 5.54. The van der Waals surface area contributed by atoms with Crippen LogP contribution in [-0.2, 0) is 6.42 Å². The van der Waals surface area contributed by atoms with E-state index in [1.807, 2.05) is 0 Å². The number of rotatable bonds is 7. The molecule has 0 saturated carbocycles. The minimum absolute atomic E-state index is 0.218. The molecule has 5 heteroatoms. The number of nitrogen functional groups attached to an aromatic ring is 1. The van der Waals surface area contributed by atoms with Gasteiger partial charge in [-0.2, -0.15) is 4.98 Å². The van der Waals surface area contributed by atoms with Crippen LogP contribution in [-0.4, -0.2) is 16.7 Å². The molecule has 5 nitrogen and oxygen atoms in total. The third-order valence-electron chi connectivity index (χ3n) is 2.52. The first-order chi connectivity index (χ1) is 7.26. The Bertz CT molecular complexity index is 268. The SMILES string of the molecule is CCCC(CCN)CCc1nc(N)no1. The summed E-state index contributed by atoms with van der Waals surface area (Å²) in [6, 6.07) is 0. The molecule has 1 aromatic heterocycles. The van der Waals surface area contributed by atoms with Crippen molar-refractivity contribution in [2.45, 2.75) is 39.0 Å². The van der Waals surface area contributed by atoms with Gasteiger partial charge in [0.25, 0.3) is 5.95 Å². The van der Waals surface area contributed by atoms with Crippen LogP contribution in [0, 0.1) is 5.92 Å². The van der Waals surface area contributed by atoms with Crippen molar-refractivity contribution in [3.05, 3.63) is 5.89 Å². The van der Waals surface area contributed by atoms with Gasteiger partial charge in [-0.05, 0) is 30.5 Å². The van der Waals surface area contributed by atoms with E-state index in [-0.39, 0.29) is 5.95 Å². The molecule has 0 aliphatic heterocycles. The highest BCUT2D eigenvalue weighted by Gasteiger charge is 2.10.